The van der Waals surface area contributed by atoms with E-state index in [1.54, 1.807) is 24.3 Å². The van der Waals surface area contributed by atoms with Gasteiger partial charge in [-0.05, 0) is 35.7 Å². The number of rotatable bonds is 1. The van der Waals surface area contributed by atoms with Gasteiger partial charge >= 0.3 is 0 Å². The predicted molar refractivity (Wildman–Crippen MR) is 68.2 cm³/mol. The number of hydrogen-bond acceptors (Lipinski definition) is 3. The number of phenolic OH excluding ortho intramolecular Hbond substituents is 2. The van der Waals surface area contributed by atoms with Crippen LogP contribution in [0, 0.1) is 0 Å². The zero-order valence-electron chi connectivity index (χ0n) is 9.84. The zero-order valence-corrected chi connectivity index (χ0v) is 9.84. The smallest absolute Gasteiger partial charge is 0.126 e. The van der Waals surface area contributed by atoms with Crippen molar-refractivity contribution in [2.24, 2.45) is 0 Å². The molecule has 2 N–H and O–H groups in total. The van der Waals surface area contributed by atoms with Crippen LogP contribution >= 0.6 is 0 Å². The normalized spacial score (nSPS) is 17.9. The highest BCUT2D eigenvalue weighted by molar-refractivity contribution is 5.43. The molecule has 1 heterocycles. The van der Waals surface area contributed by atoms with Crippen molar-refractivity contribution in [3.63, 3.8) is 0 Å². The lowest BCUT2D eigenvalue weighted by atomic mass is 10.2. The van der Waals surface area contributed by atoms with Crippen LogP contribution in [0.1, 0.15) is 17.0 Å². The number of ether oxygens (including phenoxy) is 1. The van der Waals surface area contributed by atoms with Crippen molar-refractivity contribution in [2.75, 3.05) is 6.61 Å². The minimum absolute atomic E-state index is 0.233. The molecular weight excluding hydrogens is 231 g/mol. The quantitative estimate of drug-likeness (QED) is 0.759. The Kier molecular flexibility index (Phi) is 2.59. The van der Waals surface area contributed by atoms with Crippen LogP contribution in [0.5, 0.6) is 17.2 Å². The molecule has 92 valence electrons. The second kappa shape index (κ2) is 4.26. The molecule has 3 nitrogen and oxygen atoms in total. The summed E-state index contributed by atoms with van der Waals surface area (Å²) in [5.41, 5.74) is 2.27. The first-order valence-electron chi connectivity index (χ1n) is 5.96. The minimum atomic E-state index is 0.233. The Labute approximate surface area is 105 Å². The second-order valence-corrected chi connectivity index (χ2v) is 4.60. The van der Waals surface area contributed by atoms with Crippen LogP contribution in [0.25, 0.3) is 0 Å². The molecule has 3 rings (SSSR count). The summed E-state index contributed by atoms with van der Waals surface area (Å²) >= 11 is 0. The summed E-state index contributed by atoms with van der Waals surface area (Å²) in [6, 6.07) is 12.5. The molecule has 0 radical (unpaired) electrons. The summed E-state index contributed by atoms with van der Waals surface area (Å²) in [5.74, 6) is 1.57. The van der Waals surface area contributed by atoms with Gasteiger partial charge < -0.3 is 14.9 Å². The van der Waals surface area contributed by atoms with Gasteiger partial charge in [0, 0.05) is 12.0 Å². The van der Waals surface area contributed by atoms with Gasteiger partial charge in [0.25, 0.3) is 0 Å². The van der Waals surface area contributed by atoms with E-state index in [4.69, 9.17) is 4.74 Å². The van der Waals surface area contributed by atoms with E-state index >= 15 is 0 Å². The Morgan fingerprint density at radius 1 is 0.944 bits per heavy atom. The average molecular weight is 245 g/mol. The maximum absolute atomic E-state index is 9.39. The molecule has 3 heteroatoms. The van der Waals surface area contributed by atoms with E-state index < -0.39 is 0 Å². The molecule has 1 unspecified atom stereocenters. The molecule has 2 aromatic rings. The SMILES string of the molecule is Oc1ccc([13CH]2COc3[13cH]c(O)ccc3[13CH2]2)cc1. The molecule has 18 heavy (non-hydrogen) atoms. The van der Waals surface area contributed by atoms with Crippen molar-refractivity contribution >= 4 is 0 Å². The molecule has 0 amide bonds. The Hall–Kier alpha value is -2.16. The fraction of sp³-hybridized carbons (Fsp3) is 0.200. The van der Waals surface area contributed by atoms with Crippen LogP contribution in [-0.4, -0.2) is 16.8 Å². The molecule has 0 saturated carbocycles. The predicted octanol–water partition coefficient (Wildman–Crippen LogP) is 2.82. The lowest BCUT2D eigenvalue weighted by Gasteiger charge is -2.25. The van der Waals surface area contributed by atoms with Gasteiger partial charge in [0.05, 0.1) is 6.61 Å². The molecule has 1 aliphatic heterocycles. The zero-order chi connectivity index (χ0) is 12.5. The Morgan fingerprint density at radius 2 is 1.67 bits per heavy atom. The summed E-state index contributed by atoms with van der Waals surface area (Å²) < 4.78 is 5.68. The number of fused-ring (bicyclic) bond motifs is 1. The molecule has 0 aromatic heterocycles. The molecule has 1 aliphatic rings. The number of hydrogen-bond donors (Lipinski definition) is 2. The molecule has 0 saturated heterocycles. The first kappa shape index (κ1) is 11.0. The fourth-order valence-electron chi connectivity index (χ4n) is 2.32. The highest BCUT2D eigenvalue weighted by Gasteiger charge is 2.21. The van der Waals surface area contributed by atoms with Gasteiger partial charge in [0.15, 0.2) is 0 Å². The van der Waals surface area contributed by atoms with Crippen molar-refractivity contribution in [1.29, 1.82) is 0 Å². The topological polar surface area (TPSA) is 49.7 Å². The van der Waals surface area contributed by atoms with E-state index in [1.807, 2.05) is 18.2 Å². The lowest BCUT2D eigenvalue weighted by Crippen LogP contribution is -2.18. The lowest BCUT2D eigenvalue weighted by molar-refractivity contribution is 0.261. The number of benzene rings is 2. The second-order valence-electron chi connectivity index (χ2n) is 4.60. The maximum atomic E-state index is 9.39. The molecule has 0 bridgehead atoms. The van der Waals surface area contributed by atoms with Gasteiger partial charge in [-0.15, -0.1) is 0 Å². The summed E-state index contributed by atoms with van der Waals surface area (Å²) in [6.07, 6.45) is 0.889. The third kappa shape index (κ3) is 1.99. The van der Waals surface area contributed by atoms with Gasteiger partial charge in [-0.3, -0.25) is 0 Å². The molecular formula is C15H14O3. The van der Waals surface area contributed by atoms with Crippen molar-refractivity contribution in [2.45, 2.75) is 12.3 Å². The van der Waals surface area contributed by atoms with Gasteiger partial charge in [-0.25, -0.2) is 0 Å². The van der Waals surface area contributed by atoms with Gasteiger partial charge in [0.1, 0.15) is 17.2 Å². The van der Waals surface area contributed by atoms with Crippen molar-refractivity contribution in [3.8, 4) is 17.2 Å². The first-order chi connectivity index (χ1) is 8.72. The molecule has 2 aromatic carbocycles. The molecule has 0 spiro atoms. The van der Waals surface area contributed by atoms with Crippen LogP contribution in [0.4, 0.5) is 0 Å². The van der Waals surface area contributed by atoms with E-state index in [2.05, 4.69) is 0 Å². The maximum Gasteiger partial charge on any atom is 0.126 e. The van der Waals surface area contributed by atoms with E-state index in [0.29, 0.717) is 12.5 Å². The summed E-state index contributed by atoms with van der Waals surface area (Å²) in [5, 5.41) is 18.7. The van der Waals surface area contributed by atoms with E-state index in [9.17, 15) is 10.2 Å². The van der Waals surface area contributed by atoms with Crippen molar-refractivity contribution in [1.82, 2.24) is 0 Å². The van der Waals surface area contributed by atoms with E-state index in [0.717, 1.165) is 23.3 Å². The van der Waals surface area contributed by atoms with Crippen LogP contribution in [0.2, 0.25) is 0 Å². The third-order valence-corrected chi connectivity index (χ3v) is 3.32. The molecule has 0 aliphatic carbocycles. The highest BCUT2D eigenvalue weighted by Crippen LogP contribution is 2.34. The van der Waals surface area contributed by atoms with Gasteiger partial charge in [-0.1, -0.05) is 18.2 Å². The highest BCUT2D eigenvalue weighted by atomic mass is 16.5. The molecule has 0 fully saturated rings. The third-order valence-electron chi connectivity index (χ3n) is 3.32. The van der Waals surface area contributed by atoms with Crippen LogP contribution in [0.3, 0.4) is 0 Å². The largest absolute Gasteiger partial charge is 0.508 e. The van der Waals surface area contributed by atoms with Crippen molar-refractivity contribution < 1.29 is 14.9 Å². The standard InChI is InChI=1S/C15H14O3/c16-13-4-1-10(2-5-13)12-7-11-3-6-14(17)8-15(11)18-9-12/h1-6,8,12,16-17H,7,9H2/i7+1,8+1,12+1. The van der Waals surface area contributed by atoms with Crippen LogP contribution in [-0.2, 0) is 6.42 Å². The number of aromatic hydroxyl groups is 2. The summed E-state index contributed by atoms with van der Waals surface area (Å²) in [6.45, 7) is 0.598. The van der Waals surface area contributed by atoms with Crippen molar-refractivity contribution in [3.05, 3.63) is 53.6 Å². The van der Waals surface area contributed by atoms with Gasteiger partial charge in [0.2, 0.25) is 0 Å². The Balaban J connectivity index is 1.86. The summed E-state index contributed by atoms with van der Waals surface area (Å²) in [7, 11) is 0. The fourth-order valence-corrected chi connectivity index (χ4v) is 2.32. The first-order valence-corrected chi connectivity index (χ1v) is 5.96. The van der Waals surface area contributed by atoms with E-state index in [1.165, 1.54) is 0 Å². The Morgan fingerprint density at radius 3 is 2.44 bits per heavy atom. The molecule has 1 atom stereocenters. The van der Waals surface area contributed by atoms with Crippen LogP contribution < -0.4 is 4.74 Å². The van der Waals surface area contributed by atoms with E-state index in [-0.39, 0.29) is 11.5 Å². The average Bonchev–Trinajstić information content (AvgIpc) is 2.39. The van der Waals surface area contributed by atoms with Gasteiger partial charge in [-0.2, -0.15) is 0 Å². The number of phenols is 2. The Bertz CT molecular complexity index is 560. The monoisotopic (exact) mass is 245 g/mol. The van der Waals surface area contributed by atoms with Crippen LogP contribution in [0.15, 0.2) is 42.5 Å². The summed E-state index contributed by atoms with van der Waals surface area (Å²) in [4.78, 5) is 0. The minimum Gasteiger partial charge on any atom is -0.508 e.